The smallest absolute Gasteiger partial charge is 0.226 e. The van der Waals surface area contributed by atoms with E-state index in [4.69, 9.17) is 9.47 Å². The van der Waals surface area contributed by atoms with E-state index < -0.39 is 0 Å². The molecule has 1 N–H and O–H groups in total. The van der Waals surface area contributed by atoms with Crippen LogP contribution < -0.4 is 14.8 Å². The number of hydrogen-bond donors (Lipinski definition) is 1. The molecule has 1 atom stereocenters. The Bertz CT molecular complexity index is 950. The van der Waals surface area contributed by atoms with Gasteiger partial charge in [-0.05, 0) is 49.9 Å². The number of para-hydroxylation sites is 2. The Kier molecular flexibility index (Phi) is 6.56. The van der Waals surface area contributed by atoms with E-state index in [0.717, 1.165) is 54.3 Å². The fourth-order valence-corrected chi connectivity index (χ4v) is 5.37. The summed E-state index contributed by atoms with van der Waals surface area (Å²) in [7, 11) is 0. The molecule has 0 bridgehead atoms. The highest BCUT2D eigenvalue weighted by Crippen LogP contribution is 2.38. The summed E-state index contributed by atoms with van der Waals surface area (Å²) in [4.78, 5) is 16.1. The number of nitriles is 1. The second kappa shape index (κ2) is 9.50. The van der Waals surface area contributed by atoms with Crippen LogP contribution in [0, 0.1) is 11.3 Å². The third kappa shape index (κ3) is 4.61. The van der Waals surface area contributed by atoms with E-state index in [-0.39, 0.29) is 12.0 Å². The van der Waals surface area contributed by atoms with Crippen LogP contribution in [0.2, 0.25) is 0 Å². The standard InChI is InChI=1S/C23H27N3O3S/c1-2-11-26(14-16-15-28-19-7-3-4-8-20(19)29-16)12-10-22(27)25-23-18(13-24)17-6-5-9-21(17)30-23/h3-4,7-8,16H,2,5-6,9-12,14-15H2,1H3,(H,25,27). The fraction of sp³-hybridized carbons (Fsp3) is 0.478. The lowest BCUT2D eigenvalue weighted by Gasteiger charge is -2.31. The largest absolute Gasteiger partial charge is 0.486 e. The number of benzene rings is 1. The molecule has 2 aromatic rings. The van der Waals surface area contributed by atoms with Crippen LogP contribution in [0.15, 0.2) is 24.3 Å². The van der Waals surface area contributed by atoms with Crippen molar-refractivity contribution in [3.8, 4) is 17.6 Å². The van der Waals surface area contributed by atoms with Crippen LogP contribution in [-0.4, -0.2) is 43.2 Å². The van der Waals surface area contributed by atoms with Crippen molar-refractivity contribution in [2.45, 2.75) is 45.1 Å². The average Bonchev–Trinajstić information content (AvgIpc) is 3.33. The van der Waals surface area contributed by atoms with E-state index in [9.17, 15) is 10.1 Å². The van der Waals surface area contributed by atoms with Gasteiger partial charge in [0.05, 0.1) is 5.56 Å². The number of carbonyl (C=O) groups excluding carboxylic acids is 1. The summed E-state index contributed by atoms with van der Waals surface area (Å²) in [5.41, 5.74) is 1.80. The number of amides is 1. The Morgan fingerprint density at radius 2 is 2.13 bits per heavy atom. The fourth-order valence-electron chi connectivity index (χ4n) is 4.11. The highest BCUT2D eigenvalue weighted by molar-refractivity contribution is 7.16. The lowest BCUT2D eigenvalue weighted by Crippen LogP contribution is -2.42. The van der Waals surface area contributed by atoms with Crippen molar-refractivity contribution >= 4 is 22.2 Å². The number of hydrogen-bond acceptors (Lipinski definition) is 6. The molecule has 4 rings (SSSR count). The highest BCUT2D eigenvalue weighted by Gasteiger charge is 2.25. The Morgan fingerprint density at radius 3 is 2.93 bits per heavy atom. The van der Waals surface area contributed by atoms with Crippen LogP contribution in [0.1, 0.15) is 42.2 Å². The van der Waals surface area contributed by atoms with Crippen molar-refractivity contribution in [3.63, 3.8) is 0 Å². The Hall–Kier alpha value is -2.56. The number of nitrogens with zero attached hydrogens (tertiary/aromatic N) is 2. The summed E-state index contributed by atoms with van der Waals surface area (Å²) in [6.07, 6.45) is 4.40. The second-order valence-electron chi connectivity index (χ2n) is 7.77. The number of nitrogens with one attached hydrogen (secondary N) is 1. The number of rotatable bonds is 8. The topological polar surface area (TPSA) is 74.6 Å². The molecule has 0 fully saturated rings. The number of anilines is 1. The molecular weight excluding hydrogens is 398 g/mol. The quantitative estimate of drug-likeness (QED) is 0.692. The molecule has 2 heterocycles. The summed E-state index contributed by atoms with van der Waals surface area (Å²) >= 11 is 1.56. The number of aryl methyl sites for hydroxylation is 1. The first kappa shape index (κ1) is 20.7. The van der Waals surface area contributed by atoms with Crippen molar-refractivity contribution in [1.82, 2.24) is 4.90 Å². The summed E-state index contributed by atoms with van der Waals surface area (Å²) < 4.78 is 11.9. The molecule has 0 spiro atoms. The van der Waals surface area contributed by atoms with E-state index in [1.54, 1.807) is 11.3 Å². The highest BCUT2D eigenvalue weighted by atomic mass is 32.1. The average molecular weight is 426 g/mol. The number of ether oxygens (including phenoxy) is 2. The molecule has 1 aromatic heterocycles. The van der Waals surface area contributed by atoms with E-state index in [2.05, 4.69) is 23.2 Å². The SMILES string of the molecule is CCCN(CCC(=O)Nc1sc2c(c1C#N)CCC2)CC1COc2ccccc2O1. The van der Waals surface area contributed by atoms with Gasteiger partial charge in [0.2, 0.25) is 5.91 Å². The zero-order valence-corrected chi connectivity index (χ0v) is 18.1. The molecular formula is C23H27N3O3S. The maximum Gasteiger partial charge on any atom is 0.226 e. The van der Waals surface area contributed by atoms with E-state index >= 15 is 0 Å². The summed E-state index contributed by atoms with van der Waals surface area (Å²) in [6, 6.07) is 9.99. The number of fused-ring (bicyclic) bond motifs is 2. The minimum Gasteiger partial charge on any atom is -0.486 e. The molecule has 1 aliphatic carbocycles. The van der Waals surface area contributed by atoms with Gasteiger partial charge < -0.3 is 14.8 Å². The molecule has 158 valence electrons. The van der Waals surface area contributed by atoms with Crippen LogP contribution in [0.25, 0.3) is 0 Å². The van der Waals surface area contributed by atoms with Gasteiger partial charge in [-0.25, -0.2) is 0 Å². The minimum atomic E-state index is -0.0556. The van der Waals surface area contributed by atoms with Gasteiger partial charge in [-0.1, -0.05) is 19.1 Å². The van der Waals surface area contributed by atoms with Crippen LogP contribution in [0.3, 0.4) is 0 Å². The Morgan fingerprint density at radius 1 is 1.30 bits per heavy atom. The van der Waals surface area contributed by atoms with Crippen molar-refractivity contribution in [2.24, 2.45) is 0 Å². The van der Waals surface area contributed by atoms with E-state index in [1.165, 1.54) is 4.88 Å². The molecule has 0 saturated heterocycles. The van der Waals surface area contributed by atoms with Gasteiger partial charge in [-0.2, -0.15) is 5.26 Å². The maximum absolute atomic E-state index is 12.6. The number of carbonyl (C=O) groups is 1. The van der Waals surface area contributed by atoms with Gasteiger partial charge in [0.1, 0.15) is 23.8 Å². The lowest BCUT2D eigenvalue weighted by atomic mass is 10.1. The first-order valence-electron chi connectivity index (χ1n) is 10.6. The molecule has 2 aliphatic rings. The monoisotopic (exact) mass is 425 g/mol. The summed E-state index contributed by atoms with van der Waals surface area (Å²) in [6.45, 7) is 4.90. The van der Waals surface area contributed by atoms with Crippen molar-refractivity contribution < 1.29 is 14.3 Å². The van der Waals surface area contributed by atoms with Gasteiger partial charge in [0.25, 0.3) is 0 Å². The molecule has 1 aromatic carbocycles. The number of thiophene rings is 1. The van der Waals surface area contributed by atoms with Crippen molar-refractivity contribution in [1.29, 1.82) is 5.26 Å². The zero-order valence-electron chi connectivity index (χ0n) is 17.3. The third-order valence-corrected chi connectivity index (χ3v) is 6.72. The van der Waals surface area contributed by atoms with E-state index in [0.29, 0.717) is 31.7 Å². The van der Waals surface area contributed by atoms with Gasteiger partial charge in [-0.3, -0.25) is 9.69 Å². The van der Waals surface area contributed by atoms with Crippen LogP contribution in [0.5, 0.6) is 11.5 Å². The van der Waals surface area contributed by atoms with Gasteiger partial charge in [0.15, 0.2) is 11.5 Å². The van der Waals surface area contributed by atoms with Crippen LogP contribution in [0.4, 0.5) is 5.00 Å². The van der Waals surface area contributed by atoms with Gasteiger partial charge >= 0.3 is 0 Å². The molecule has 7 heteroatoms. The van der Waals surface area contributed by atoms with Crippen molar-refractivity contribution in [3.05, 3.63) is 40.3 Å². The van der Waals surface area contributed by atoms with Crippen LogP contribution in [-0.2, 0) is 17.6 Å². The van der Waals surface area contributed by atoms with E-state index in [1.807, 2.05) is 24.3 Å². The molecule has 1 unspecified atom stereocenters. The van der Waals surface area contributed by atoms with Crippen molar-refractivity contribution in [2.75, 3.05) is 31.6 Å². The third-order valence-electron chi connectivity index (χ3n) is 5.51. The predicted molar refractivity (Wildman–Crippen MR) is 117 cm³/mol. The molecule has 1 amide bonds. The minimum absolute atomic E-state index is 0.0429. The lowest BCUT2D eigenvalue weighted by molar-refractivity contribution is -0.116. The molecule has 0 saturated carbocycles. The second-order valence-corrected chi connectivity index (χ2v) is 8.87. The Labute approximate surface area is 181 Å². The molecule has 6 nitrogen and oxygen atoms in total. The zero-order chi connectivity index (χ0) is 20.9. The maximum atomic E-state index is 12.6. The Balaban J connectivity index is 1.31. The van der Waals surface area contributed by atoms with Gasteiger partial charge in [-0.15, -0.1) is 11.3 Å². The molecule has 1 aliphatic heterocycles. The first-order valence-corrected chi connectivity index (χ1v) is 11.4. The first-order chi connectivity index (χ1) is 14.7. The van der Waals surface area contributed by atoms with Crippen LogP contribution >= 0.6 is 11.3 Å². The molecule has 30 heavy (non-hydrogen) atoms. The summed E-state index contributed by atoms with van der Waals surface area (Å²) in [5, 5.41) is 13.2. The summed E-state index contributed by atoms with van der Waals surface area (Å²) in [5.74, 6) is 1.52. The molecule has 0 radical (unpaired) electrons. The normalized spacial score (nSPS) is 16.9. The van der Waals surface area contributed by atoms with Gasteiger partial charge in [0, 0.05) is 24.4 Å². The predicted octanol–water partition coefficient (Wildman–Crippen LogP) is 3.99.